The van der Waals surface area contributed by atoms with Crippen LogP contribution in [0.5, 0.6) is 0 Å². The summed E-state index contributed by atoms with van der Waals surface area (Å²) >= 11 is 0. The second kappa shape index (κ2) is 3.79. The van der Waals surface area contributed by atoms with Gasteiger partial charge in [0.2, 0.25) is 0 Å². The van der Waals surface area contributed by atoms with Gasteiger partial charge in [-0.05, 0) is 25.7 Å². The Kier molecular flexibility index (Phi) is 3.12. The molecule has 0 bridgehead atoms. The topological polar surface area (TPSA) is 37.3 Å². The standard InChI is InChI=1S/C11H20O2/c1-11(2,3)10(13)8-4-6-9(12)7-5-8/h8-9,12H,4-7H2,1-3H3. The summed E-state index contributed by atoms with van der Waals surface area (Å²) in [6.07, 6.45) is 3.18. The highest BCUT2D eigenvalue weighted by atomic mass is 16.3. The van der Waals surface area contributed by atoms with E-state index in [1.807, 2.05) is 20.8 Å². The zero-order chi connectivity index (χ0) is 10.1. The molecular formula is C11H20O2. The first-order valence-electron chi connectivity index (χ1n) is 5.13. The van der Waals surface area contributed by atoms with Crippen LogP contribution in [0, 0.1) is 11.3 Å². The number of aliphatic hydroxyl groups is 1. The van der Waals surface area contributed by atoms with Gasteiger partial charge in [0.15, 0.2) is 0 Å². The first-order valence-corrected chi connectivity index (χ1v) is 5.13. The van der Waals surface area contributed by atoms with E-state index in [1.54, 1.807) is 0 Å². The summed E-state index contributed by atoms with van der Waals surface area (Å²) in [7, 11) is 0. The minimum atomic E-state index is -0.215. The highest BCUT2D eigenvalue weighted by Crippen LogP contribution is 2.31. The van der Waals surface area contributed by atoms with Crippen molar-refractivity contribution in [3.8, 4) is 0 Å². The van der Waals surface area contributed by atoms with E-state index in [1.165, 1.54) is 0 Å². The van der Waals surface area contributed by atoms with Crippen LogP contribution in [0.4, 0.5) is 0 Å². The number of aliphatic hydroxyl groups excluding tert-OH is 1. The normalized spacial score (nSPS) is 30.2. The van der Waals surface area contributed by atoms with E-state index in [0.717, 1.165) is 25.7 Å². The number of rotatable bonds is 1. The summed E-state index contributed by atoms with van der Waals surface area (Å²) in [5, 5.41) is 9.30. The largest absolute Gasteiger partial charge is 0.393 e. The molecule has 0 aromatic rings. The number of carbonyl (C=O) groups excluding carboxylic acids is 1. The molecule has 0 heterocycles. The maximum absolute atomic E-state index is 11.8. The third-order valence-corrected chi connectivity index (χ3v) is 2.81. The van der Waals surface area contributed by atoms with Gasteiger partial charge < -0.3 is 5.11 Å². The predicted molar refractivity (Wildman–Crippen MR) is 52.4 cm³/mol. The van der Waals surface area contributed by atoms with Crippen molar-refractivity contribution >= 4 is 5.78 Å². The van der Waals surface area contributed by atoms with E-state index >= 15 is 0 Å². The third-order valence-electron chi connectivity index (χ3n) is 2.81. The molecule has 13 heavy (non-hydrogen) atoms. The molecule has 0 amide bonds. The fourth-order valence-electron chi connectivity index (χ4n) is 1.95. The molecule has 0 saturated heterocycles. The average molecular weight is 184 g/mol. The van der Waals surface area contributed by atoms with Crippen LogP contribution in [0.3, 0.4) is 0 Å². The van der Waals surface area contributed by atoms with Crippen LogP contribution in [0.15, 0.2) is 0 Å². The fraction of sp³-hybridized carbons (Fsp3) is 0.909. The Morgan fingerprint density at radius 3 is 2.00 bits per heavy atom. The monoisotopic (exact) mass is 184 g/mol. The average Bonchev–Trinajstić information content (AvgIpc) is 2.03. The van der Waals surface area contributed by atoms with Gasteiger partial charge in [-0.15, -0.1) is 0 Å². The van der Waals surface area contributed by atoms with E-state index in [4.69, 9.17) is 0 Å². The van der Waals surface area contributed by atoms with Crippen molar-refractivity contribution in [3.63, 3.8) is 0 Å². The molecule has 1 aliphatic rings. The van der Waals surface area contributed by atoms with Gasteiger partial charge >= 0.3 is 0 Å². The number of ketones is 1. The maximum Gasteiger partial charge on any atom is 0.141 e. The van der Waals surface area contributed by atoms with E-state index in [0.29, 0.717) is 5.78 Å². The lowest BCUT2D eigenvalue weighted by molar-refractivity contribution is -0.132. The van der Waals surface area contributed by atoms with Gasteiger partial charge in [0.1, 0.15) is 5.78 Å². The summed E-state index contributed by atoms with van der Waals surface area (Å²) in [4.78, 5) is 11.8. The van der Waals surface area contributed by atoms with E-state index in [9.17, 15) is 9.90 Å². The van der Waals surface area contributed by atoms with Crippen LogP contribution in [-0.4, -0.2) is 17.0 Å². The lowest BCUT2D eigenvalue weighted by Crippen LogP contribution is -2.32. The Morgan fingerprint density at radius 1 is 1.15 bits per heavy atom. The van der Waals surface area contributed by atoms with Crippen LogP contribution < -0.4 is 0 Å². The molecule has 0 radical (unpaired) electrons. The quantitative estimate of drug-likeness (QED) is 0.678. The molecule has 2 nitrogen and oxygen atoms in total. The number of hydrogen-bond acceptors (Lipinski definition) is 2. The Morgan fingerprint density at radius 2 is 1.62 bits per heavy atom. The minimum absolute atomic E-state index is 0.163. The van der Waals surface area contributed by atoms with Crippen LogP contribution in [-0.2, 0) is 4.79 Å². The zero-order valence-corrected chi connectivity index (χ0v) is 8.84. The SMILES string of the molecule is CC(C)(C)C(=O)C1CCC(O)CC1. The molecule has 0 aromatic carbocycles. The fourth-order valence-corrected chi connectivity index (χ4v) is 1.95. The predicted octanol–water partition coefficient (Wildman–Crippen LogP) is 2.15. The molecule has 1 fully saturated rings. The van der Waals surface area contributed by atoms with Crippen LogP contribution in [0.1, 0.15) is 46.5 Å². The van der Waals surface area contributed by atoms with E-state index in [-0.39, 0.29) is 17.4 Å². The molecule has 0 spiro atoms. The molecule has 1 N–H and O–H groups in total. The smallest absolute Gasteiger partial charge is 0.141 e. The summed E-state index contributed by atoms with van der Waals surface area (Å²) in [5.41, 5.74) is -0.215. The van der Waals surface area contributed by atoms with Crippen molar-refractivity contribution in [2.45, 2.75) is 52.6 Å². The van der Waals surface area contributed by atoms with Crippen LogP contribution >= 0.6 is 0 Å². The highest BCUT2D eigenvalue weighted by molar-refractivity contribution is 5.85. The summed E-state index contributed by atoms with van der Waals surface area (Å²) < 4.78 is 0. The molecule has 0 aliphatic heterocycles. The number of Topliss-reactive ketones (excluding diaryl/α,β-unsaturated/α-hetero) is 1. The zero-order valence-electron chi connectivity index (χ0n) is 8.84. The van der Waals surface area contributed by atoms with Crippen LogP contribution in [0.2, 0.25) is 0 Å². The number of hydrogen-bond donors (Lipinski definition) is 1. The molecule has 76 valence electrons. The van der Waals surface area contributed by atoms with Crippen molar-refractivity contribution in [2.24, 2.45) is 11.3 Å². The van der Waals surface area contributed by atoms with Crippen molar-refractivity contribution in [1.82, 2.24) is 0 Å². The van der Waals surface area contributed by atoms with Crippen molar-refractivity contribution in [2.75, 3.05) is 0 Å². The first kappa shape index (κ1) is 10.7. The Hall–Kier alpha value is -0.370. The van der Waals surface area contributed by atoms with Gasteiger partial charge in [-0.2, -0.15) is 0 Å². The molecule has 2 heteroatoms. The summed E-state index contributed by atoms with van der Waals surface area (Å²) in [6, 6.07) is 0. The molecular weight excluding hydrogens is 164 g/mol. The lowest BCUT2D eigenvalue weighted by atomic mass is 9.76. The Balaban J connectivity index is 2.50. The third kappa shape index (κ3) is 2.80. The van der Waals surface area contributed by atoms with Crippen molar-refractivity contribution in [1.29, 1.82) is 0 Å². The van der Waals surface area contributed by atoms with E-state index in [2.05, 4.69) is 0 Å². The second-order valence-corrected chi connectivity index (χ2v) is 5.12. The molecule has 0 atom stereocenters. The van der Waals surface area contributed by atoms with Gasteiger partial charge in [-0.3, -0.25) is 4.79 Å². The van der Waals surface area contributed by atoms with Gasteiger partial charge in [0.05, 0.1) is 6.10 Å². The van der Waals surface area contributed by atoms with Crippen molar-refractivity contribution < 1.29 is 9.90 Å². The lowest BCUT2D eigenvalue weighted by Gasteiger charge is -2.29. The Labute approximate surface area is 80.3 Å². The van der Waals surface area contributed by atoms with Gasteiger partial charge in [-0.25, -0.2) is 0 Å². The molecule has 1 rings (SSSR count). The summed E-state index contributed by atoms with van der Waals surface area (Å²) in [5.74, 6) is 0.558. The molecule has 0 aromatic heterocycles. The second-order valence-electron chi connectivity index (χ2n) is 5.12. The first-order chi connectivity index (χ1) is 5.91. The van der Waals surface area contributed by atoms with Crippen LogP contribution in [0.25, 0.3) is 0 Å². The number of carbonyl (C=O) groups is 1. The van der Waals surface area contributed by atoms with Gasteiger partial charge in [0, 0.05) is 11.3 Å². The molecule has 0 unspecified atom stereocenters. The molecule has 1 aliphatic carbocycles. The summed E-state index contributed by atoms with van der Waals surface area (Å²) in [6.45, 7) is 5.92. The minimum Gasteiger partial charge on any atom is -0.393 e. The van der Waals surface area contributed by atoms with Gasteiger partial charge in [-0.1, -0.05) is 20.8 Å². The van der Waals surface area contributed by atoms with E-state index < -0.39 is 0 Å². The molecule has 1 saturated carbocycles. The van der Waals surface area contributed by atoms with Gasteiger partial charge in [0.25, 0.3) is 0 Å². The Bertz CT molecular complexity index is 183. The van der Waals surface area contributed by atoms with Crippen molar-refractivity contribution in [3.05, 3.63) is 0 Å². The maximum atomic E-state index is 11.8. The highest BCUT2D eigenvalue weighted by Gasteiger charge is 2.32.